The number of carbonyl (C=O) groups is 3. The van der Waals surface area contributed by atoms with Crippen molar-refractivity contribution in [3.63, 3.8) is 0 Å². The minimum absolute atomic E-state index is 0.0421. The van der Waals surface area contributed by atoms with Crippen LogP contribution in [0.3, 0.4) is 0 Å². The molecule has 10 heteroatoms. The van der Waals surface area contributed by atoms with Crippen LogP contribution in [0.15, 0.2) is 72.4 Å². The first kappa shape index (κ1) is 25.4. The van der Waals surface area contributed by atoms with Crippen LogP contribution in [0.25, 0.3) is 6.08 Å². The lowest BCUT2D eigenvalue weighted by molar-refractivity contribution is -0.127. The molecule has 8 nitrogen and oxygen atoms in total. The smallest absolute Gasteiger partial charge is 0.329 e. The van der Waals surface area contributed by atoms with E-state index in [1.807, 2.05) is 0 Å². The Morgan fingerprint density at radius 1 is 1.00 bits per heavy atom. The van der Waals surface area contributed by atoms with Crippen molar-refractivity contribution in [1.29, 1.82) is 0 Å². The second kappa shape index (κ2) is 11.3. The maximum absolute atomic E-state index is 13.8. The highest BCUT2D eigenvalue weighted by atomic mass is 19.1. The number of hydrogen-bond acceptors (Lipinski definition) is 5. The number of ether oxygens (including phenoxy) is 2. The highest BCUT2D eigenvalue weighted by Crippen LogP contribution is 2.30. The SMILES string of the molecule is CCOc1cc(/C=C2/NC(=O)N(CC(=O)Nc3ccccc3F)C2=O)ccc1OCc1cccc(F)c1. The Labute approximate surface area is 211 Å². The van der Waals surface area contributed by atoms with Gasteiger partial charge in [-0.05, 0) is 60.5 Å². The Morgan fingerprint density at radius 2 is 1.81 bits per heavy atom. The van der Waals surface area contributed by atoms with Crippen molar-refractivity contribution in [3.8, 4) is 11.5 Å². The molecule has 4 amide bonds. The number of anilines is 1. The van der Waals surface area contributed by atoms with Crippen molar-refractivity contribution in [2.45, 2.75) is 13.5 Å². The number of halogens is 2. The normalized spacial score (nSPS) is 14.0. The quantitative estimate of drug-likeness (QED) is 0.329. The number of benzene rings is 3. The molecule has 0 aromatic heterocycles. The zero-order valence-corrected chi connectivity index (χ0v) is 19.8. The fourth-order valence-corrected chi connectivity index (χ4v) is 3.57. The molecular formula is C27H23F2N3O5. The number of amides is 4. The Bertz CT molecular complexity index is 1380. The molecule has 0 bridgehead atoms. The summed E-state index contributed by atoms with van der Waals surface area (Å²) in [5.41, 5.74) is 1.08. The van der Waals surface area contributed by atoms with Crippen LogP contribution in [0.5, 0.6) is 11.5 Å². The van der Waals surface area contributed by atoms with Crippen LogP contribution < -0.4 is 20.1 Å². The molecule has 4 rings (SSSR count). The van der Waals surface area contributed by atoms with Crippen LogP contribution in [-0.2, 0) is 16.2 Å². The molecule has 1 heterocycles. The highest BCUT2D eigenvalue weighted by Gasteiger charge is 2.35. The highest BCUT2D eigenvalue weighted by molar-refractivity contribution is 6.16. The number of carbonyl (C=O) groups excluding carboxylic acids is 3. The topological polar surface area (TPSA) is 97.0 Å². The van der Waals surface area contributed by atoms with Gasteiger partial charge in [0.2, 0.25) is 5.91 Å². The molecular weight excluding hydrogens is 484 g/mol. The first-order valence-corrected chi connectivity index (χ1v) is 11.4. The first-order chi connectivity index (χ1) is 17.8. The largest absolute Gasteiger partial charge is 0.490 e. The lowest BCUT2D eigenvalue weighted by atomic mass is 10.1. The number of hydrogen-bond donors (Lipinski definition) is 2. The van der Waals surface area contributed by atoms with Gasteiger partial charge in [-0.25, -0.2) is 18.5 Å². The summed E-state index contributed by atoms with van der Waals surface area (Å²) in [5.74, 6) is -1.63. The van der Waals surface area contributed by atoms with Gasteiger partial charge in [0.1, 0.15) is 30.5 Å². The first-order valence-electron chi connectivity index (χ1n) is 11.4. The molecule has 1 aliphatic rings. The van der Waals surface area contributed by atoms with E-state index in [4.69, 9.17) is 9.47 Å². The molecule has 1 saturated heterocycles. The van der Waals surface area contributed by atoms with Crippen LogP contribution in [0.2, 0.25) is 0 Å². The Hall–Kier alpha value is -4.73. The fourth-order valence-electron chi connectivity index (χ4n) is 3.57. The van der Waals surface area contributed by atoms with Gasteiger partial charge in [0.05, 0.1) is 12.3 Å². The minimum atomic E-state index is -0.778. The fraction of sp³-hybridized carbons (Fsp3) is 0.148. The summed E-state index contributed by atoms with van der Waals surface area (Å²) in [6.07, 6.45) is 1.44. The van der Waals surface area contributed by atoms with Crippen LogP contribution in [0.4, 0.5) is 19.3 Å². The van der Waals surface area contributed by atoms with Gasteiger partial charge in [-0.2, -0.15) is 0 Å². The monoisotopic (exact) mass is 507 g/mol. The van der Waals surface area contributed by atoms with E-state index in [0.29, 0.717) is 29.2 Å². The molecule has 2 N–H and O–H groups in total. The van der Waals surface area contributed by atoms with Gasteiger partial charge in [-0.1, -0.05) is 30.3 Å². The second-order valence-electron chi connectivity index (χ2n) is 7.97. The molecule has 0 radical (unpaired) electrons. The predicted molar refractivity (Wildman–Crippen MR) is 132 cm³/mol. The third-order valence-corrected chi connectivity index (χ3v) is 5.27. The summed E-state index contributed by atoms with van der Waals surface area (Å²) in [7, 11) is 0. The van der Waals surface area contributed by atoms with Crippen molar-refractivity contribution < 1.29 is 32.6 Å². The van der Waals surface area contributed by atoms with E-state index in [-0.39, 0.29) is 23.8 Å². The maximum Gasteiger partial charge on any atom is 0.329 e. The summed E-state index contributed by atoms with van der Waals surface area (Å²) in [6.45, 7) is 1.67. The third-order valence-electron chi connectivity index (χ3n) is 5.27. The number of rotatable bonds is 9. The van der Waals surface area contributed by atoms with Gasteiger partial charge in [-0.15, -0.1) is 0 Å². The summed E-state index contributed by atoms with van der Waals surface area (Å²) >= 11 is 0. The van der Waals surface area contributed by atoms with Crippen LogP contribution in [0.1, 0.15) is 18.1 Å². The lowest BCUT2D eigenvalue weighted by Crippen LogP contribution is -2.38. The van der Waals surface area contributed by atoms with Crippen molar-refractivity contribution in [2.75, 3.05) is 18.5 Å². The Balaban J connectivity index is 1.45. The summed E-state index contributed by atoms with van der Waals surface area (Å²) in [4.78, 5) is 38.1. The summed E-state index contributed by atoms with van der Waals surface area (Å²) < 4.78 is 38.6. The average molecular weight is 507 g/mol. The van der Waals surface area contributed by atoms with Gasteiger partial charge in [-0.3, -0.25) is 9.59 Å². The van der Waals surface area contributed by atoms with Gasteiger partial charge >= 0.3 is 6.03 Å². The third kappa shape index (κ3) is 6.29. The molecule has 190 valence electrons. The number of para-hydroxylation sites is 1. The van der Waals surface area contributed by atoms with E-state index >= 15 is 0 Å². The van der Waals surface area contributed by atoms with E-state index in [1.165, 1.54) is 36.4 Å². The molecule has 0 aliphatic carbocycles. The van der Waals surface area contributed by atoms with Crippen molar-refractivity contribution in [1.82, 2.24) is 10.2 Å². The predicted octanol–water partition coefficient (Wildman–Crippen LogP) is 4.47. The average Bonchev–Trinajstić information content (AvgIpc) is 3.12. The number of nitrogens with one attached hydrogen (secondary N) is 2. The standard InChI is InChI=1S/C27H23F2N3O5/c1-2-36-24-14-17(10-11-23(24)37-16-18-6-5-7-19(28)12-18)13-22-26(34)32(27(35)31-22)15-25(33)30-21-9-4-3-8-20(21)29/h3-14H,2,15-16H2,1H3,(H,30,33)(H,31,35)/b22-13+. The van der Waals surface area contributed by atoms with Gasteiger partial charge < -0.3 is 20.1 Å². The van der Waals surface area contributed by atoms with Gasteiger partial charge in [0.25, 0.3) is 5.91 Å². The van der Waals surface area contributed by atoms with Crippen LogP contribution >= 0.6 is 0 Å². The van der Waals surface area contributed by atoms with E-state index in [2.05, 4.69) is 10.6 Å². The Kier molecular flexibility index (Phi) is 7.77. The lowest BCUT2D eigenvalue weighted by Gasteiger charge is -2.13. The molecule has 0 spiro atoms. The van der Waals surface area contributed by atoms with Crippen LogP contribution in [0, 0.1) is 11.6 Å². The molecule has 1 fully saturated rings. The zero-order chi connectivity index (χ0) is 26.4. The van der Waals surface area contributed by atoms with Crippen molar-refractivity contribution in [2.24, 2.45) is 0 Å². The molecule has 1 aliphatic heterocycles. The number of nitrogens with zero attached hydrogens (tertiary/aromatic N) is 1. The molecule has 0 saturated carbocycles. The number of urea groups is 1. The van der Waals surface area contributed by atoms with E-state index in [0.717, 1.165) is 4.90 Å². The van der Waals surface area contributed by atoms with E-state index in [9.17, 15) is 23.2 Å². The maximum atomic E-state index is 13.8. The summed E-state index contributed by atoms with van der Waals surface area (Å²) in [6, 6.07) is 15.7. The van der Waals surface area contributed by atoms with Crippen molar-refractivity contribution >= 4 is 29.6 Å². The molecule has 0 atom stereocenters. The molecule has 3 aromatic carbocycles. The van der Waals surface area contributed by atoms with Gasteiger partial charge in [0.15, 0.2) is 11.5 Å². The summed E-state index contributed by atoms with van der Waals surface area (Å²) in [5, 5.41) is 4.78. The van der Waals surface area contributed by atoms with Crippen LogP contribution in [-0.4, -0.2) is 35.9 Å². The van der Waals surface area contributed by atoms with Crippen molar-refractivity contribution in [3.05, 3.63) is 95.2 Å². The van der Waals surface area contributed by atoms with E-state index < -0.39 is 30.2 Å². The molecule has 3 aromatic rings. The van der Waals surface area contributed by atoms with Gasteiger partial charge in [0, 0.05) is 0 Å². The Morgan fingerprint density at radius 3 is 2.57 bits per heavy atom. The molecule has 0 unspecified atom stereocenters. The molecule has 37 heavy (non-hydrogen) atoms. The minimum Gasteiger partial charge on any atom is -0.490 e. The number of imide groups is 1. The zero-order valence-electron chi connectivity index (χ0n) is 19.8. The second-order valence-corrected chi connectivity index (χ2v) is 7.97. The van der Waals surface area contributed by atoms with E-state index in [1.54, 1.807) is 43.3 Å².